The maximum absolute atomic E-state index is 11.9. The van der Waals surface area contributed by atoms with Gasteiger partial charge in [-0.3, -0.25) is 4.79 Å². The van der Waals surface area contributed by atoms with Crippen molar-refractivity contribution in [2.24, 2.45) is 0 Å². The summed E-state index contributed by atoms with van der Waals surface area (Å²) < 4.78 is 23.1. The molecule has 0 radical (unpaired) electrons. The Labute approximate surface area is 114 Å². The second-order valence-corrected chi connectivity index (χ2v) is 7.38. The van der Waals surface area contributed by atoms with Crippen LogP contribution >= 0.6 is 15.9 Å². The van der Waals surface area contributed by atoms with Crippen LogP contribution in [0.4, 0.5) is 0 Å². The highest BCUT2D eigenvalue weighted by molar-refractivity contribution is 9.10. The summed E-state index contributed by atoms with van der Waals surface area (Å²) in [4.78, 5) is 15.9. The highest BCUT2D eigenvalue weighted by Crippen LogP contribution is 2.14. The first kappa shape index (κ1) is 13.5. The van der Waals surface area contributed by atoms with Crippen LogP contribution in [0.1, 0.15) is 23.2 Å². The van der Waals surface area contributed by atoms with Crippen molar-refractivity contribution in [3.05, 3.63) is 28.5 Å². The van der Waals surface area contributed by atoms with E-state index < -0.39 is 9.84 Å². The number of carbonyl (C=O) groups excluding carboxylic acids is 1. The molecule has 2 rings (SSSR count). The number of hydrogen-bond acceptors (Lipinski definition) is 4. The number of pyridine rings is 1. The maximum Gasteiger partial charge on any atom is 0.251 e. The third-order valence-corrected chi connectivity index (χ3v) is 5.03. The molecule has 1 fully saturated rings. The number of aromatic nitrogens is 1. The molecule has 1 aromatic rings. The van der Waals surface area contributed by atoms with E-state index in [9.17, 15) is 13.2 Å². The molecule has 1 saturated heterocycles. The smallest absolute Gasteiger partial charge is 0.251 e. The van der Waals surface area contributed by atoms with E-state index in [1.54, 1.807) is 18.3 Å². The molecule has 1 amide bonds. The van der Waals surface area contributed by atoms with Crippen molar-refractivity contribution in [2.75, 3.05) is 11.5 Å². The SMILES string of the molecule is O=C(NC1CCS(=O)(=O)CC1)c1ccnc(Br)c1. The van der Waals surface area contributed by atoms with Crippen molar-refractivity contribution in [1.82, 2.24) is 10.3 Å². The van der Waals surface area contributed by atoms with Gasteiger partial charge in [0.05, 0.1) is 11.5 Å². The number of amides is 1. The van der Waals surface area contributed by atoms with E-state index in [0.29, 0.717) is 23.0 Å². The number of nitrogens with zero attached hydrogens (tertiary/aromatic N) is 1. The summed E-state index contributed by atoms with van der Waals surface area (Å²) in [6.45, 7) is 0. The second-order valence-electron chi connectivity index (χ2n) is 4.27. The Morgan fingerprint density at radius 3 is 2.67 bits per heavy atom. The van der Waals surface area contributed by atoms with Crippen LogP contribution in [0.25, 0.3) is 0 Å². The van der Waals surface area contributed by atoms with Crippen molar-refractivity contribution in [2.45, 2.75) is 18.9 Å². The molecule has 0 unspecified atom stereocenters. The monoisotopic (exact) mass is 332 g/mol. The molecule has 18 heavy (non-hydrogen) atoms. The van der Waals surface area contributed by atoms with Crippen molar-refractivity contribution < 1.29 is 13.2 Å². The number of rotatable bonds is 2. The lowest BCUT2D eigenvalue weighted by Crippen LogP contribution is -2.40. The molecular weight excluding hydrogens is 320 g/mol. The molecule has 2 heterocycles. The second kappa shape index (κ2) is 5.36. The van der Waals surface area contributed by atoms with Gasteiger partial charge in [-0.25, -0.2) is 13.4 Å². The summed E-state index contributed by atoms with van der Waals surface area (Å²) >= 11 is 3.20. The molecule has 0 aliphatic carbocycles. The van der Waals surface area contributed by atoms with Crippen LogP contribution in [0.15, 0.2) is 22.9 Å². The van der Waals surface area contributed by atoms with Gasteiger partial charge in [-0.1, -0.05) is 0 Å². The van der Waals surface area contributed by atoms with Crippen LogP contribution in [0.2, 0.25) is 0 Å². The van der Waals surface area contributed by atoms with Crippen molar-refractivity contribution in [3.8, 4) is 0 Å². The lowest BCUT2D eigenvalue weighted by molar-refractivity contribution is 0.0934. The number of sulfone groups is 1. The van der Waals surface area contributed by atoms with Crippen molar-refractivity contribution in [3.63, 3.8) is 0 Å². The van der Waals surface area contributed by atoms with Gasteiger partial charge < -0.3 is 5.32 Å². The van der Waals surface area contributed by atoms with E-state index >= 15 is 0 Å². The minimum atomic E-state index is -2.89. The van der Waals surface area contributed by atoms with Gasteiger partial charge in [0.1, 0.15) is 14.4 Å². The lowest BCUT2D eigenvalue weighted by atomic mass is 10.1. The molecule has 1 aliphatic heterocycles. The fourth-order valence-corrected chi connectivity index (χ4v) is 3.70. The van der Waals surface area contributed by atoms with Gasteiger partial charge in [0.2, 0.25) is 0 Å². The zero-order valence-corrected chi connectivity index (χ0v) is 12.0. The average molecular weight is 333 g/mol. The molecule has 0 saturated carbocycles. The van der Waals surface area contributed by atoms with Crippen LogP contribution in [-0.2, 0) is 9.84 Å². The summed E-state index contributed by atoms with van der Waals surface area (Å²) in [5.74, 6) is 0.109. The van der Waals surface area contributed by atoms with Crippen molar-refractivity contribution >= 4 is 31.7 Å². The van der Waals surface area contributed by atoms with Gasteiger partial charge in [0, 0.05) is 17.8 Å². The molecule has 0 bridgehead atoms. The van der Waals surface area contributed by atoms with Gasteiger partial charge in [-0.2, -0.15) is 0 Å². The Morgan fingerprint density at radius 1 is 1.39 bits per heavy atom. The molecule has 5 nitrogen and oxygen atoms in total. The van der Waals surface area contributed by atoms with Crippen LogP contribution in [-0.4, -0.2) is 36.9 Å². The predicted octanol–water partition coefficient (Wildman–Crippen LogP) is 1.15. The predicted molar refractivity (Wildman–Crippen MR) is 71.1 cm³/mol. The summed E-state index contributed by atoms with van der Waals surface area (Å²) in [6.07, 6.45) is 2.52. The van der Waals surface area contributed by atoms with Gasteiger partial charge in [-0.15, -0.1) is 0 Å². The molecule has 1 N–H and O–H groups in total. The summed E-state index contributed by atoms with van der Waals surface area (Å²) in [5, 5.41) is 2.85. The first-order valence-corrected chi connectivity index (χ1v) is 8.20. The van der Waals surface area contributed by atoms with E-state index in [2.05, 4.69) is 26.2 Å². The Morgan fingerprint density at radius 2 is 2.06 bits per heavy atom. The highest BCUT2D eigenvalue weighted by Gasteiger charge is 2.24. The van der Waals surface area contributed by atoms with Crippen LogP contribution in [0.5, 0.6) is 0 Å². The van der Waals surface area contributed by atoms with E-state index in [0.717, 1.165) is 0 Å². The standard InChI is InChI=1S/C11H13BrN2O3S/c12-10-7-8(1-4-13-10)11(15)14-9-2-5-18(16,17)6-3-9/h1,4,7,9H,2-3,5-6H2,(H,14,15). The van der Waals surface area contributed by atoms with E-state index in [1.165, 1.54) is 0 Å². The molecule has 98 valence electrons. The first-order chi connectivity index (χ1) is 8.46. The quantitative estimate of drug-likeness (QED) is 0.824. The third-order valence-electron chi connectivity index (χ3n) is 2.88. The Balaban J connectivity index is 1.97. The average Bonchev–Trinajstić information content (AvgIpc) is 2.32. The highest BCUT2D eigenvalue weighted by atomic mass is 79.9. The fourth-order valence-electron chi connectivity index (χ4n) is 1.85. The molecule has 1 aromatic heterocycles. The number of carbonyl (C=O) groups is 1. The minimum Gasteiger partial charge on any atom is -0.349 e. The van der Waals surface area contributed by atoms with Gasteiger partial charge in [0.15, 0.2) is 0 Å². The molecule has 7 heteroatoms. The third kappa shape index (κ3) is 3.52. The largest absolute Gasteiger partial charge is 0.349 e. The molecular formula is C11H13BrN2O3S. The normalized spacial score (nSPS) is 19.4. The fraction of sp³-hybridized carbons (Fsp3) is 0.455. The van der Waals surface area contributed by atoms with Gasteiger partial charge >= 0.3 is 0 Å². The van der Waals surface area contributed by atoms with Gasteiger partial charge in [-0.05, 0) is 40.9 Å². The molecule has 0 atom stereocenters. The maximum atomic E-state index is 11.9. The zero-order chi connectivity index (χ0) is 13.2. The Bertz CT molecular complexity index is 545. The van der Waals surface area contributed by atoms with E-state index in [4.69, 9.17) is 0 Å². The first-order valence-electron chi connectivity index (χ1n) is 5.59. The minimum absolute atomic E-state index is 0.0621. The van der Waals surface area contributed by atoms with Crippen LogP contribution in [0, 0.1) is 0 Å². The lowest BCUT2D eigenvalue weighted by Gasteiger charge is -2.23. The summed E-state index contributed by atoms with van der Waals surface area (Å²) in [6, 6.07) is 3.20. The van der Waals surface area contributed by atoms with E-state index in [-0.39, 0.29) is 23.5 Å². The van der Waals surface area contributed by atoms with Crippen LogP contribution < -0.4 is 5.32 Å². The van der Waals surface area contributed by atoms with Crippen LogP contribution in [0.3, 0.4) is 0 Å². The molecule has 1 aliphatic rings. The van der Waals surface area contributed by atoms with E-state index in [1.807, 2.05) is 0 Å². The summed E-state index contributed by atoms with van der Waals surface area (Å²) in [5.41, 5.74) is 0.519. The number of hydrogen-bond donors (Lipinski definition) is 1. The zero-order valence-electron chi connectivity index (χ0n) is 9.60. The molecule has 0 spiro atoms. The Hall–Kier alpha value is -0.950. The topological polar surface area (TPSA) is 76.1 Å². The number of halogens is 1. The Kier molecular flexibility index (Phi) is 4.01. The number of nitrogens with one attached hydrogen (secondary N) is 1. The van der Waals surface area contributed by atoms with Crippen molar-refractivity contribution in [1.29, 1.82) is 0 Å². The van der Waals surface area contributed by atoms with Gasteiger partial charge in [0.25, 0.3) is 5.91 Å². The summed E-state index contributed by atoms with van der Waals surface area (Å²) in [7, 11) is -2.89. The molecule has 0 aromatic carbocycles.